The van der Waals surface area contributed by atoms with Gasteiger partial charge >= 0.3 is 5.97 Å². The largest absolute Gasteiger partial charge is 0.458 e. The van der Waals surface area contributed by atoms with Gasteiger partial charge in [0.15, 0.2) is 0 Å². The third-order valence-corrected chi connectivity index (χ3v) is 6.83. The molecule has 5 heteroatoms. The first-order chi connectivity index (χ1) is 14.4. The molecule has 3 aliphatic rings. The van der Waals surface area contributed by atoms with Crippen LogP contribution in [-0.4, -0.2) is 46.6 Å². The molecular weight excluding hydrogens is 374 g/mol. The molecule has 0 amide bonds. The summed E-state index contributed by atoms with van der Waals surface area (Å²) in [5.41, 5.74) is 1.83. The number of allylic oxidation sites excluding steroid dienone is 1. The highest BCUT2D eigenvalue weighted by molar-refractivity contribution is 5.74. The zero-order chi connectivity index (χ0) is 21.1. The zero-order valence-corrected chi connectivity index (χ0v) is 18.6. The molecule has 1 heterocycles. The van der Waals surface area contributed by atoms with E-state index in [1.807, 2.05) is 32.0 Å². The van der Waals surface area contributed by atoms with E-state index in [0.717, 1.165) is 62.1 Å². The summed E-state index contributed by atoms with van der Waals surface area (Å²) >= 11 is 0. The average Bonchev–Trinajstić information content (AvgIpc) is 3.16. The van der Waals surface area contributed by atoms with Crippen LogP contribution in [0.2, 0.25) is 0 Å². The van der Waals surface area contributed by atoms with Gasteiger partial charge < -0.3 is 14.6 Å². The molecule has 3 unspecified atom stereocenters. The molecule has 3 aliphatic carbocycles. The number of imidazole rings is 1. The van der Waals surface area contributed by atoms with E-state index in [-0.39, 0.29) is 17.5 Å². The Balaban J connectivity index is 1.30. The molecule has 5 nitrogen and oxygen atoms in total. The number of hydrogen-bond acceptors (Lipinski definition) is 4. The van der Waals surface area contributed by atoms with Crippen LogP contribution in [0.25, 0.3) is 11.0 Å². The number of nitrogens with one attached hydrogen (secondary N) is 1. The Kier molecular flexibility index (Phi) is 6.28. The highest BCUT2D eigenvalue weighted by Gasteiger charge is 2.48. The Morgan fingerprint density at radius 2 is 2.10 bits per heavy atom. The number of para-hydroxylation sites is 2. The molecule has 1 aromatic carbocycles. The third-order valence-electron chi connectivity index (χ3n) is 6.83. The number of nitrogens with zero attached hydrogens (tertiary/aromatic N) is 2. The predicted octanol–water partition coefficient (Wildman–Crippen LogP) is 4.74. The van der Waals surface area contributed by atoms with Crippen molar-refractivity contribution in [3.8, 4) is 0 Å². The molecule has 0 spiro atoms. The molecule has 2 bridgehead atoms. The maximum Gasteiger partial charge on any atom is 0.308 e. The number of fused-ring (bicyclic) bond motifs is 3. The van der Waals surface area contributed by atoms with Crippen LogP contribution in [0.4, 0.5) is 0 Å². The highest BCUT2D eigenvalue weighted by atomic mass is 16.6. The lowest BCUT2D eigenvalue weighted by atomic mass is 9.64. The Bertz CT molecular complexity index is 870. The Morgan fingerprint density at radius 1 is 1.27 bits per heavy atom. The molecule has 1 N–H and O–H groups in total. The zero-order valence-electron chi connectivity index (χ0n) is 18.6. The number of aromatic amines is 1. The number of benzene rings is 1. The second kappa shape index (κ2) is 8.93. The minimum absolute atomic E-state index is 0.0523. The molecule has 0 radical (unpaired) electrons. The number of H-pyrrole nitrogens is 1. The summed E-state index contributed by atoms with van der Waals surface area (Å²) in [6, 6.07) is 8.18. The molecule has 5 rings (SSSR count). The number of hydrogen-bond donors (Lipinski definition) is 1. The van der Waals surface area contributed by atoms with Gasteiger partial charge in [0.2, 0.25) is 0 Å². The fourth-order valence-corrected chi connectivity index (χ4v) is 4.99. The number of carbonyl (C=O) groups is 1. The van der Waals surface area contributed by atoms with Gasteiger partial charge in [-0.1, -0.05) is 38.1 Å². The van der Waals surface area contributed by atoms with Crippen LogP contribution in [0.5, 0.6) is 0 Å². The number of carbonyl (C=O) groups excluding carboxylic acids is 1. The van der Waals surface area contributed by atoms with E-state index in [2.05, 4.69) is 40.1 Å². The van der Waals surface area contributed by atoms with Crippen LogP contribution in [0, 0.1) is 17.8 Å². The van der Waals surface area contributed by atoms with Crippen molar-refractivity contribution in [1.82, 2.24) is 14.9 Å². The number of aromatic nitrogens is 2. The van der Waals surface area contributed by atoms with Gasteiger partial charge in [0.05, 0.1) is 17.0 Å². The number of ether oxygens (including phenoxy) is 1. The topological polar surface area (TPSA) is 58.2 Å². The van der Waals surface area contributed by atoms with E-state index in [9.17, 15) is 4.79 Å². The smallest absolute Gasteiger partial charge is 0.308 e. The van der Waals surface area contributed by atoms with Crippen LogP contribution in [0.3, 0.4) is 0 Å². The predicted molar refractivity (Wildman–Crippen MR) is 120 cm³/mol. The summed E-state index contributed by atoms with van der Waals surface area (Å²) in [6.45, 7) is 5.81. The van der Waals surface area contributed by atoms with Crippen LogP contribution in [0.1, 0.15) is 51.8 Å². The Labute approximate surface area is 179 Å². The van der Waals surface area contributed by atoms with E-state index in [0.29, 0.717) is 11.8 Å². The molecule has 162 valence electrons. The molecule has 0 aliphatic heterocycles. The first-order valence-electron chi connectivity index (χ1n) is 11.5. The third kappa shape index (κ3) is 4.61. The van der Waals surface area contributed by atoms with Crippen molar-refractivity contribution in [3.05, 3.63) is 42.2 Å². The standard InChI is InChI=1S/C25H35N3O2/c1-18(2)24(29)30-25(17-19-10-12-20(25)13-11-19)14-16-28(3)15-6-9-23-26-21-7-4-5-8-22(21)27-23/h4-5,7-8,10,12,18-20H,6,9,11,13-17H2,1-3H3,(H,26,27). The van der Waals surface area contributed by atoms with Gasteiger partial charge in [-0.05, 0) is 57.3 Å². The van der Waals surface area contributed by atoms with Crippen molar-refractivity contribution in [1.29, 1.82) is 0 Å². The Hall–Kier alpha value is -2.14. The number of rotatable bonds is 9. The van der Waals surface area contributed by atoms with Gasteiger partial charge in [0.1, 0.15) is 11.4 Å². The highest BCUT2D eigenvalue weighted by Crippen LogP contribution is 2.47. The van der Waals surface area contributed by atoms with Gasteiger partial charge in [-0.25, -0.2) is 4.98 Å². The molecule has 2 aromatic rings. The monoisotopic (exact) mass is 409 g/mol. The van der Waals surface area contributed by atoms with Gasteiger partial charge in [-0.15, -0.1) is 0 Å². The summed E-state index contributed by atoms with van der Waals surface area (Å²) < 4.78 is 6.20. The maximum absolute atomic E-state index is 12.5. The quantitative estimate of drug-likeness (QED) is 0.480. The van der Waals surface area contributed by atoms with Crippen LogP contribution >= 0.6 is 0 Å². The van der Waals surface area contributed by atoms with Crippen molar-refractivity contribution in [3.63, 3.8) is 0 Å². The molecule has 0 saturated heterocycles. The summed E-state index contributed by atoms with van der Waals surface area (Å²) in [7, 11) is 2.17. The normalized spacial score (nSPS) is 25.5. The van der Waals surface area contributed by atoms with E-state index < -0.39 is 0 Å². The molecule has 30 heavy (non-hydrogen) atoms. The van der Waals surface area contributed by atoms with Crippen LogP contribution < -0.4 is 0 Å². The minimum Gasteiger partial charge on any atom is -0.458 e. The first-order valence-corrected chi connectivity index (χ1v) is 11.5. The first kappa shape index (κ1) is 21.1. The lowest BCUT2D eigenvalue weighted by Gasteiger charge is -2.48. The molecule has 1 saturated carbocycles. The molecule has 1 fully saturated rings. The van der Waals surface area contributed by atoms with Gasteiger partial charge in [-0.2, -0.15) is 0 Å². The second-order valence-corrected chi connectivity index (χ2v) is 9.53. The summed E-state index contributed by atoms with van der Waals surface area (Å²) in [5.74, 6) is 1.86. The fourth-order valence-electron chi connectivity index (χ4n) is 4.99. The SMILES string of the molecule is CC(C)C(=O)OC1(CCN(C)CCCc2nc3ccccc3[nH]2)CC2C=CC1CC2. The maximum atomic E-state index is 12.5. The molecule has 3 atom stereocenters. The van der Waals surface area contributed by atoms with Gasteiger partial charge in [0.25, 0.3) is 0 Å². The lowest BCUT2D eigenvalue weighted by molar-refractivity contribution is -0.176. The van der Waals surface area contributed by atoms with Crippen molar-refractivity contribution < 1.29 is 9.53 Å². The summed E-state index contributed by atoms with van der Waals surface area (Å²) in [4.78, 5) is 22.9. The summed E-state index contributed by atoms with van der Waals surface area (Å²) in [6.07, 6.45) is 10.9. The molecule has 1 aromatic heterocycles. The summed E-state index contributed by atoms with van der Waals surface area (Å²) in [5, 5.41) is 0. The van der Waals surface area contributed by atoms with Crippen molar-refractivity contribution in [2.45, 2.75) is 58.0 Å². The van der Waals surface area contributed by atoms with Gasteiger partial charge in [-0.3, -0.25) is 4.79 Å². The van der Waals surface area contributed by atoms with E-state index in [1.54, 1.807) is 0 Å². The lowest BCUT2D eigenvalue weighted by Crippen LogP contribution is -2.50. The van der Waals surface area contributed by atoms with Crippen LogP contribution in [-0.2, 0) is 16.0 Å². The van der Waals surface area contributed by atoms with Crippen molar-refractivity contribution in [2.75, 3.05) is 20.1 Å². The second-order valence-electron chi connectivity index (χ2n) is 9.53. The van der Waals surface area contributed by atoms with E-state index in [4.69, 9.17) is 4.74 Å². The van der Waals surface area contributed by atoms with Crippen molar-refractivity contribution >= 4 is 17.0 Å². The van der Waals surface area contributed by atoms with Gasteiger partial charge in [0, 0.05) is 25.3 Å². The van der Waals surface area contributed by atoms with Crippen molar-refractivity contribution in [2.24, 2.45) is 17.8 Å². The average molecular weight is 410 g/mol. The molecular formula is C25H35N3O2. The van der Waals surface area contributed by atoms with E-state index in [1.165, 1.54) is 6.42 Å². The van der Waals surface area contributed by atoms with E-state index >= 15 is 0 Å². The number of aryl methyl sites for hydroxylation is 1. The minimum atomic E-state index is -0.313. The van der Waals surface area contributed by atoms with Crippen LogP contribution in [0.15, 0.2) is 36.4 Å². The fraction of sp³-hybridized carbons (Fsp3) is 0.600. The Morgan fingerprint density at radius 3 is 2.77 bits per heavy atom. The number of esters is 1.